The molecule has 0 heteroatoms. The molecule has 60 valence electrons. The second-order valence-corrected chi connectivity index (χ2v) is 3.18. The van der Waals surface area contributed by atoms with E-state index < -0.39 is 0 Å². The van der Waals surface area contributed by atoms with Crippen LogP contribution in [0.15, 0.2) is 11.6 Å². The quantitative estimate of drug-likeness (QED) is 0.521. The van der Waals surface area contributed by atoms with Crippen molar-refractivity contribution in [2.75, 3.05) is 0 Å². The Kier molecular flexibility index (Phi) is 5.38. The van der Waals surface area contributed by atoms with Crippen molar-refractivity contribution in [3.05, 3.63) is 11.6 Å². The predicted octanol–water partition coefficient (Wildman–Crippen LogP) is 3.78. The summed E-state index contributed by atoms with van der Waals surface area (Å²) in [5.41, 5.74) is 1.55. The van der Waals surface area contributed by atoms with Crippen molar-refractivity contribution in [1.29, 1.82) is 0 Å². The molecule has 0 saturated carbocycles. The zero-order valence-electron chi connectivity index (χ0n) is 7.78. The zero-order chi connectivity index (χ0) is 7.98. The lowest BCUT2D eigenvalue weighted by molar-refractivity contribution is 0.556. The normalized spacial score (nSPS) is 15.4. The first-order valence-electron chi connectivity index (χ1n) is 4.36. The fourth-order valence-electron chi connectivity index (χ4n) is 1.13. The predicted molar refractivity (Wildman–Crippen MR) is 48.1 cm³/mol. The van der Waals surface area contributed by atoms with Gasteiger partial charge in [-0.25, -0.2) is 0 Å². The molecule has 0 aliphatic rings. The fraction of sp³-hybridized carbons (Fsp3) is 0.800. The van der Waals surface area contributed by atoms with E-state index in [4.69, 9.17) is 0 Å². The minimum absolute atomic E-state index is 0.864. The van der Waals surface area contributed by atoms with E-state index in [-0.39, 0.29) is 0 Å². The molecular formula is C10H20. The third-order valence-electron chi connectivity index (χ3n) is 1.92. The Balaban J connectivity index is 3.56. The summed E-state index contributed by atoms with van der Waals surface area (Å²) in [5.74, 6) is 0.864. The maximum absolute atomic E-state index is 2.33. The lowest BCUT2D eigenvalue weighted by atomic mass is 9.99. The summed E-state index contributed by atoms with van der Waals surface area (Å²) < 4.78 is 0. The molecule has 0 fully saturated rings. The van der Waals surface area contributed by atoms with Gasteiger partial charge in [-0.3, -0.25) is 0 Å². The minimum atomic E-state index is 0.864. The van der Waals surface area contributed by atoms with Gasteiger partial charge in [0.15, 0.2) is 0 Å². The summed E-state index contributed by atoms with van der Waals surface area (Å²) in [5, 5.41) is 0. The van der Waals surface area contributed by atoms with Crippen LogP contribution in [0.4, 0.5) is 0 Å². The van der Waals surface area contributed by atoms with Crippen LogP contribution in [-0.4, -0.2) is 0 Å². The summed E-state index contributed by atoms with van der Waals surface area (Å²) in [6.45, 7) is 8.99. The molecule has 0 rings (SSSR count). The fourth-order valence-corrected chi connectivity index (χ4v) is 1.13. The summed E-state index contributed by atoms with van der Waals surface area (Å²) in [4.78, 5) is 0. The molecule has 0 heterocycles. The van der Waals surface area contributed by atoms with Gasteiger partial charge in [0.25, 0.3) is 0 Å². The van der Waals surface area contributed by atoms with E-state index in [2.05, 4.69) is 33.8 Å². The van der Waals surface area contributed by atoms with Crippen molar-refractivity contribution < 1.29 is 0 Å². The van der Waals surface area contributed by atoms with Gasteiger partial charge >= 0.3 is 0 Å². The smallest absolute Gasteiger partial charge is 0.0297 e. The molecule has 1 unspecified atom stereocenters. The SMILES string of the molecule is CC/C=C(/C)CC(C)CC. The van der Waals surface area contributed by atoms with Gasteiger partial charge in [0.05, 0.1) is 0 Å². The van der Waals surface area contributed by atoms with Crippen LogP contribution < -0.4 is 0 Å². The van der Waals surface area contributed by atoms with Crippen molar-refractivity contribution in [2.24, 2.45) is 5.92 Å². The van der Waals surface area contributed by atoms with Gasteiger partial charge in [0, 0.05) is 0 Å². The van der Waals surface area contributed by atoms with Crippen LogP contribution >= 0.6 is 0 Å². The summed E-state index contributed by atoms with van der Waals surface area (Å²) in [6.07, 6.45) is 6.09. The van der Waals surface area contributed by atoms with Crippen LogP contribution in [0.1, 0.15) is 47.0 Å². The second-order valence-electron chi connectivity index (χ2n) is 3.18. The molecule has 0 aromatic carbocycles. The molecule has 0 radical (unpaired) electrons. The second kappa shape index (κ2) is 5.52. The lowest BCUT2D eigenvalue weighted by Crippen LogP contribution is -1.92. The number of hydrogen-bond donors (Lipinski definition) is 0. The van der Waals surface area contributed by atoms with E-state index in [9.17, 15) is 0 Å². The highest BCUT2D eigenvalue weighted by Gasteiger charge is 1.97. The van der Waals surface area contributed by atoms with Gasteiger partial charge in [-0.1, -0.05) is 38.8 Å². The van der Waals surface area contributed by atoms with Gasteiger partial charge in [0.2, 0.25) is 0 Å². The Labute approximate surface area is 65.3 Å². The highest BCUT2D eigenvalue weighted by Crippen LogP contribution is 2.13. The molecule has 0 spiro atoms. The maximum atomic E-state index is 2.33. The molecule has 0 aromatic heterocycles. The van der Waals surface area contributed by atoms with Crippen LogP contribution in [-0.2, 0) is 0 Å². The molecule has 0 aliphatic carbocycles. The average Bonchev–Trinajstić information content (AvgIpc) is 1.88. The number of hydrogen-bond acceptors (Lipinski definition) is 0. The number of allylic oxidation sites excluding steroid dienone is 2. The van der Waals surface area contributed by atoms with Crippen LogP contribution in [0.5, 0.6) is 0 Å². The molecule has 0 aromatic rings. The van der Waals surface area contributed by atoms with Crippen molar-refractivity contribution >= 4 is 0 Å². The maximum Gasteiger partial charge on any atom is -0.0297 e. The van der Waals surface area contributed by atoms with E-state index in [1.54, 1.807) is 5.57 Å². The van der Waals surface area contributed by atoms with Gasteiger partial charge in [-0.2, -0.15) is 0 Å². The molecule has 1 atom stereocenters. The first-order chi connectivity index (χ1) is 4.70. The first kappa shape index (κ1) is 9.74. The molecule has 0 amide bonds. The van der Waals surface area contributed by atoms with Crippen LogP contribution in [0.2, 0.25) is 0 Å². The van der Waals surface area contributed by atoms with Crippen LogP contribution in [0, 0.1) is 5.92 Å². The van der Waals surface area contributed by atoms with E-state index in [1.165, 1.54) is 19.3 Å². The third-order valence-corrected chi connectivity index (χ3v) is 1.92. The molecule has 10 heavy (non-hydrogen) atoms. The Morgan fingerprint density at radius 2 is 2.00 bits per heavy atom. The monoisotopic (exact) mass is 140 g/mol. The summed E-state index contributed by atoms with van der Waals surface area (Å²) >= 11 is 0. The number of rotatable bonds is 4. The van der Waals surface area contributed by atoms with Crippen molar-refractivity contribution in [3.8, 4) is 0 Å². The van der Waals surface area contributed by atoms with Gasteiger partial charge in [-0.05, 0) is 25.7 Å². The van der Waals surface area contributed by atoms with Gasteiger partial charge in [-0.15, -0.1) is 0 Å². The Bertz CT molecular complexity index is 101. The largest absolute Gasteiger partial charge is 0.0859 e. The Morgan fingerprint density at radius 3 is 2.40 bits per heavy atom. The average molecular weight is 140 g/mol. The summed E-state index contributed by atoms with van der Waals surface area (Å²) in [6, 6.07) is 0. The lowest BCUT2D eigenvalue weighted by Gasteiger charge is -2.07. The minimum Gasteiger partial charge on any atom is -0.0859 e. The van der Waals surface area contributed by atoms with Crippen LogP contribution in [0.25, 0.3) is 0 Å². The first-order valence-corrected chi connectivity index (χ1v) is 4.36. The highest BCUT2D eigenvalue weighted by molar-refractivity contribution is 4.97. The van der Waals surface area contributed by atoms with Crippen molar-refractivity contribution in [1.82, 2.24) is 0 Å². The molecule has 0 saturated heterocycles. The van der Waals surface area contributed by atoms with E-state index in [1.807, 2.05) is 0 Å². The van der Waals surface area contributed by atoms with Gasteiger partial charge in [0.1, 0.15) is 0 Å². The third kappa shape index (κ3) is 4.60. The van der Waals surface area contributed by atoms with Crippen molar-refractivity contribution in [3.63, 3.8) is 0 Å². The van der Waals surface area contributed by atoms with Crippen molar-refractivity contribution in [2.45, 2.75) is 47.0 Å². The van der Waals surface area contributed by atoms with Crippen LogP contribution in [0.3, 0.4) is 0 Å². The summed E-state index contributed by atoms with van der Waals surface area (Å²) in [7, 11) is 0. The van der Waals surface area contributed by atoms with E-state index in [0.29, 0.717) is 0 Å². The zero-order valence-corrected chi connectivity index (χ0v) is 7.78. The Hall–Kier alpha value is -0.260. The van der Waals surface area contributed by atoms with E-state index >= 15 is 0 Å². The standard InChI is InChI=1S/C10H20/c1-5-7-10(4)8-9(3)6-2/h7,9H,5-6,8H2,1-4H3/b10-7-. The molecular weight excluding hydrogens is 120 g/mol. The highest BCUT2D eigenvalue weighted by atomic mass is 14.0. The molecule has 0 N–H and O–H groups in total. The topological polar surface area (TPSA) is 0 Å². The van der Waals surface area contributed by atoms with E-state index in [0.717, 1.165) is 5.92 Å². The molecule has 0 nitrogen and oxygen atoms in total. The van der Waals surface area contributed by atoms with Gasteiger partial charge < -0.3 is 0 Å². The molecule has 0 bridgehead atoms. The Morgan fingerprint density at radius 1 is 1.40 bits per heavy atom. The molecule has 0 aliphatic heterocycles.